The number of aliphatic hydroxyl groups is 2. The number of hydrogen-bond acceptors (Lipinski definition) is 5. The third kappa shape index (κ3) is 3.95. The Kier molecular flexibility index (Phi) is 8.82. The van der Waals surface area contributed by atoms with Gasteiger partial charge in [-0.2, -0.15) is 0 Å². The van der Waals surface area contributed by atoms with Crippen LogP contribution < -0.4 is 5.73 Å². The maximum absolute atomic E-state index is 12.2. The van der Waals surface area contributed by atoms with Crippen molar-refractivity contribution in [1.82, 2.24) is 0 Å². The summed E-state index contributed by atoms with van der Waals surface area (Å²) < 4.78 is 5.97. The molecular formula is C29H52AcNO5+. The number of allylic oxidation sites excluding steroid dienone is 1. The van der Waals surface area contributed by atoms with Gasteiger partial charge >= 0.3 is 0 Å². The molecule has 6 N–H and O–H groups in total. The third-order valence-corrected chi connectivity index (χ3v) is 12.8. The van der Waals surface area contributed by atoms with Crippen molar-refractivity contribution < 1.29 is 74.9 Å². The van der Waals surface area contributed by atoms with E-state index >= 15 is 0 Å². The zero-order valence-corrected chi connectivity index (χ0v) is 29.1. The van der Waals surface area contributed by atoms with E-state index in [9.17, 15) is 15.5 Å². The van der Waals surface area contributed by atoms with Gasteiger partial charge in [0.15, 0.2) is 0 Å². The topological polar surface area (TPSA) is 107 Å². The first-order chi connectivity index (χ1) is 16.0. The van der Waals surface area contributed by atoms with Crippen LogP contribution in [0.1, 0.15) is 82.1 Å². The molecule has 4 aliphatic rings. The largest absolute Gasteiger partial charge is 0.384 e. The molecule has 1 heterocycles. The molecule has 0 aromatic heterocycles. The second-order valence-corrected chi connectivity index (χ2v) is 14.1. The summed E-state index contributed by atoms with van der Waals surface area (Å²) in [5, 5.41) is 33.2. The van der Waals surface area contributed by atoms with Crippen LogP contribution in [0.5, 0.6) is 0 Å². The van der Waals surface area contributed by atoms with E-state index in [1.165, 1.54) is 11.1 Å². The molecule has 7 heteroatoms. The van der Waals surface area contributed by atoms with Crippen LogP contribution in [0.2, 0.25) is 0 Å². The summed E-state index contributed by atoms with van der Waals surface area (Å²) in [6, 6.07) is -0.276. The fraction of sp³-hybridized carbons (Fsp3) is 0.931. The van der Waals surface area contributed by atoms with Crippen molar-refractivity contribution in [3.63, 3.8) is 0 Å². The molecule has 36 heavy (non-hydrogen) atoms. The van der Waals surface area contributed by atoms with E-state index in [1.807, 2.05) is 6.92 Å². The second-order valence-electron chi connectivity index (χ2n) is 14.1. The first-order valence-corrected chi connectivity index (χ1v) is 13.9. The third-order valence-electron chi connectivity index (χ3n) is 12.8. The maximum Gasteiger partial charge on any atom is 0.135 e. The Labute approximate surface area is 254 Å². The van der Waals surface area contributed by atoms with Gasteiger partial charge in [0, 0.05) is 55.9 Å². The molecule has 0 spiro atoms. The van der Waals surface area contributed by atoms with Crippen molar-refractivity contribution in [2.45, 2.75) is 112 Å². The van der Waals surface area contributed by atoms with Crippen molar-refractivity contribution in [3.05, 3.63) is 11.1 Å². The fourth-order valence-corrected chi connectivity index (χ4v) is 9.82. The SMILES string of the molecule is CC1=C2C(C)C(C)[C@]3(C)C(C)CC4OCC4(O)C3C(C)C(C)(CC1[C@@H](OO)C(O)C(C)[NH3+])C2(C)C.[Ac]. The quantitative estimate of drug-likeness (QED) is 0.200. The van der Waals surface area contributed by atoms with Crippen molar-refractivity contribution in [3.8, 4) is 0 Å². The molecule has 3 aliphatic carbocycles. The molecule has 13 atom stereocenters. The van der Waals surface area contributed by atoms with Gasteiger partial charge < -0.3 is 20.7 Å². The van der Waals surface area contributed by atoms with Crippen molar-refractivity contribution in [1.29, 1.82) is 0 Å². The van der Waals surface area contributed by atoms with Gasteiger partial charge in [0.2, 0.25) is 0 Å². The minimum Gasteiger partial charge on any atom is -0.384 e. The molecule has 1 aliphatic heterocycles. The second kappa shape index (κ2) is 10.1. The summed E-state index contributed by atoms with van der Waals surface area (Å²) in [6.07, 6.45) is -0.0185. The maximum atomic E-state index is 12.2. The molecule has 205 valence electrons. The van der Waals surface area contributed by atoms with Gasteiger partial charge in [-0.3, -0.25) is 5.26 Å². The van der Waals surface area contributed by atoms with Crippen LogP contribution >= 0.6 is 0 Å². The normalized spacial score (nSPS) is 50.3. The van der Waals surface area contributed by atoms with Crippen molar-refractivity contribution in [2.75, 3.05) is 6.61 Å². The van der Waals surface area contributed by atoms with E-state index in [0.717, 1.165) is 12.8 Å². The molecule has 4 rings (SSSR count). The van der Waals surface area contributed by atoms with Gasteiger partial charge in [0.05, 0.1) is 12.7 Å². The number of quaternary nitrogens is 1. The summed E-state index contributed by atoms with van der Waals surface area (Å²) >= 11 is 0. The summed E-state index contributed by atoms with van der Waals surface area (Å²) in [6.45, 7) is 23.5. The fourth-order valence-electron chi connectivity index (χ4n) is 9.82. The summed E-state index contributed by atoms with van der Waals surface area (Å²) in [7, 11) is 0. The van der Waals surface area contributed by atoms with E-state index in [-0.39, 0.29) is 96.1 Å². The minimum atomic E-state index is -0.869. The Morgan fingerprint density at radius 3 is 2.14 bits per heavy atom. The zero-order valence-electron chi connectivity index (χ0n) is 24.3. The predicted molar refractivity (Wildman–Crippen MR) is 136 cm³/mol. The van der Waals surface area contributed by atoms with Gasteiger partial charge in [-0.1, -0.05) is 66.5 Å². The number of aliphatic hydroxyl groups excluding tert-OH is 1. The monoisotopic (exact) mass is 721 g/mol. The van der Waals surface area contributed by atoms with Crippen LogP contribution in [0.4, 0.5) is 0 Å². The molecule has 1 radical (unpaired) electrons. The van der Waals surface area contributed by atoms with Crippen molar-refractivity contribution >= 4 is 0 Å². The average molecular weight is 722 g/mol. The Bertz CT molecular complexity index is 878. The molecule has 2 saturated carbocycles. The van der Waals surface area contributed by atoms with E-state index in [1.54, 1.807) is 0 Å². The van der Waals surface area contributed by atoms with E-state index in [4.69, 9.17) is 9.62 Å². The van der Waals surface area contributed by atoms with Gasteiger partial charge in [0.25, 0.3) is 0 Å². The van der Waals surface area contributed by atoms with Crippen LogP contribution in [0.3, 0.4) is 0 Å². The number of hydrogen-bond donors (Lipinski definition) is 4. The van der Waals surface area contributed by atoms with E-state index in [0.29, 0.717) is 18.4 Å². The smallest absolute Gasteiger partial charge is 0.135 e. The van der Waals surface area contributed by atoms with E-state index < -0.39 is 17.8 Å². The number of ether oxygens (including phenoxy) is 1. The van der Waals surface area contributed by atoms with Crippen LogP contribution in [-0.2, 0) is 9.62 Å². The summed E-state index contributed by atoms with van der Waals surface area (Å²) in [5.74, 6) is 1.21. The zero-order chi connectivity index (χ0) is 26.5. The molecule has 0 amide bonds. The van der Waals surface area contributed by atoms with Gasteiger partial charge in [-0.25, -0.2) is 4.89 Å². The van der Waals surface area contributed by atoms with Crippen LogP contribution in [0.25, 0.3) is 0 Å². The Morgan fingerprint density at radius 1 is 1.08 bits per heavy atom. The molecule has 6 nitrogen and oxygen atoms in total. The number of rotatable bonds is 4. The minimum absolute atomic E-state index is 0. The van der Waals surface area contributed by atoms with Gasteiger partial charge in [0.1, 0.15) is 23.9 Å². The predicted octanol–water partition coefficient (Wildman–Crippen LogP) is 3.92. The van der Waals surface area contributed by atoms with Crippen LogP contribution in [0.15, 0.2) is 11.1 Å². The molecule has 3 fully saturated rings. The van der Waals surface area contributed by atoms with Gasteiger partial charge in [-0.15, -0.1) is 0 Å². The van der Waals surface area contributed by atoms with Crippen LogP contribution in [0, 0.1) is 95.8 Å². The van der Waals surface area contributed by atoms with Crippen molar-refractivity contribution in [2.24, 2.45) is 51.8 Å². The summed E-state index contributed by atoms with van der Waals surface area (Å²) in [5.41, 5.74) is 5.53. The van der Waals surface area contributed by atoms with Gasteiger partial charge in [-0.05, 0) is 66.6 Å². The first kappa shape index (κ1) is 31.5. The molecule has 0 aromatic carbocycles. The summed E-state index contributed by atoms with van der Waals surface area (Å²) in [4.78, 5) is 5.05. The number of fused-ring (bicyclic) bond motifs is 5. The van der Waals surface area contributed by atoms with E-state index in [2.05, 4.69) is 68.0 Å². The average Bonchev–Trinajstić information content (AvgIpc) is 2.77. The Balaban J connectivity index is 0.00000361. The standard InChI is InChI=1S/C29H51NO5.Ac/c1-14-11-21-29(32,13-34-21)25-18(5)27(9)12-20(24(35-33)23(31)19(6)30)16(3)22(26(27,7)8)15(2)17(4)28(14,25)10;/h14-15,17-21,23-25,31-33H,11-13,30H2,1-10H3;/p+1/t14?,15?,17?,18?,19?,20?,21?,23?,24-,25?,27?,28+,29?;/m1./s1. The van der Waals surface area contributed by atoms with Crippen LogP contribution in [-0.4, -0.2) is 52.0 Å². The molecule has 2 bridgehead atoms. The Hall–Kier alpha value is 0.942. The Morgan fingerprint density at radius 2 is 1.67 bits per heavy atom. The molecule has 1 saturated heterocycles. The molecule has 0 aromatic rings. The molecular weight excluding hydrogens is 669 g/mol. The first-order valence-electron chi connectivity index (χ1n) is 13.9. The molecule has 11 unspecified atom stereocenters.